The third-order valence-electron chi connectivity index (χ3n) is 3.52. The molecular weight excluding hydrogens is 264 g/mol. The maximum atomic E-state index is 4.55. The Labute approximate surface area is 124 Å². The number of rotatable bonds is 4. The molecule has 0 amide bonds. The summed E-state index contributed by atoms with van der Waals surface area (Å²) in [5.74, 6) is 1.90. The van der Waals surface area contributed by atoms with E-state index in [1.54, 1.807) is 0 Å². The quantitative estimate of drug-likeness (QED) is 0.899. The summed E-state index contributed by atoms with van der Waals surface area (Å²) in [7, 11) is 1.82. The fraction of sp³-hybridized carbons (Fsp3) is 0.400. The summed E-state index contributed by atoms with van der Waals surface area (Å²) < 4.78 is 0. The van der Waals surface area contributed by atoms with Gasteiger partial charge in [-0.2, -0.15) is 15.0 Å². The highest BCUT2D eigenvalue weighted by Gasteiger charge is 2.16. The van der Waals surface area contributed by atoms with E-state index in [0.29, 0.717) is 11.9 Å². The molecule has 0 spiro atoms. The van der Waals surface area contributed by atoms with E-state index in [4.69, 9.17) is 0 Å². The summed E-state index contributed by atoms with van der Waals surface area (Å²) in [5.41, 5.74) is 0.968. The smallest absolute Gasteiger partial charge is 0.233 e. The zero-order valence-corrected chi connectivity index (χ0v) is 12.2. The van der Waals surface area contributed by atoms with E-state index in [1.165, 1.54) is 19.3 Å². The lowest BCUT2D eigenvalue weighted by molar-refractivity contribution is 0.568. The number of nitrogens with one attached hydrogen (secondary N) is 2. The number of piperidine rings is 1. The highest BCUT2D eigenvalue weighted by atomic mass is 15.3. The van der Waals surface area contributed by atoms with Crippen molar-refractivity contribution in [3.63, 3.8) is 0 Å². The molecule has 6 nitrogen and oxygen atoms in total. The lowest BCUT2D eigenvalue weighted by atomic mass is 10.1. The van der Waals surface area contributed by atoms with Crippen LogP contribution in [0.15, 0.2) is 30.3 Å². The number of hydrogen-bond donors (Lipinski definition) is 2. The SMILES string of the molecule is CNc1nc(Nc2ccccc2)nc(N2CCCCC2)n1. The third-order valence-corrected chi connectivity index (χ3v) is 3.52. The molecule has 2 aromatic rings. The number of nitrogens with zero attached hydrogens (tertiary/aromatic N) is 4. The summed E-state index contributed by atoms with van der Waals surface area (Å²) in [6.07, 6.45) is 3.68. The standard InChI is InChI=1S/C15H20N6/c1-16-13-18-14(17-12-8-4-2-5-9-12)20-15(19-13)21-10-6-3-7-11-21/h2,4-5,8-9H,3,6-7,10-11H2,1H3,(H2,16,17,18,19,20). The van der Waals surface area contributed by atoms with Gasteiger partial charge in [-0.25, -0.2) is 0 Å². The Morgan fingerprint density at radius 1 is 0.905 bits per heavy atom. The van der Waals surface area contributed by atoms with Gasteiger partial charge in [0.25, 0.3) is 0 Å². The number of benzene rings is 1. The van der Waals surface area contributed by atoms with Crippen molar-refractivity contribution >= 4 is 23.5 Å². The molecule has 1 aromatic carbocycles. The fourth-order valence-corrected chi connectivity index (χ4v) is 2.42. The summed E-state index contributed by atoms with van der Waals surface area (Å²) in [4.78, 5) is 15.6. The molecular formula is C15H20N6. The van der Waals surface area contributed by atoms with Gasteiger partial charge in [-0.1, -0.05) is 18.2 Å². The van der Waals surface area contributed by atoms with Crippen LogP contribution in [-0.4, -0.2) is 35.1 Å². The molecule has 0 saturated carbocycles. The summed E-state index contributed by atoms with van der Waals surface area (Å²) >= 11 is 0. The lowest BCUT2D eigenvalue weighted by Crippen LogP contribution is -2.31. The van der Waals surface area contributed by atoms with Crippen molar-refractivity contribution in [2.45, 2.75) is 19.3 Å². The molecule has 6 heteroatoms. The fourth-order valence-electron chi connectivity index (χ4n) is 2.42. The van der Waals surface area contributed by atoms with Crippen LogP contribution >= 0.6 is 0 Å². The molecule has 1 aliphatic rings. The van der Waals surface area contributed by atoms with Gasteiger partial charge in [-0.3, -0.25) is 0 Å². The Balaban J connectivity index is 1.85. The normalized spacial score (nSPS) is 14.8. The van der Waals surface area contributed by atoms with Crippen LogP contribution < -0.4 is 15.5 Å². The highest BCUT2D eigenvalue weighted by Crippen LogP contribution is 2.20. The minimum atomic E-state index is 0.570. The largest absolute Gasteiger partial charge is 0.357 e. The summed E-state index contributed by atoms with van der Waals surface area (Å²) in [5, 5.41) is 6.23. The Hall–Kier alpha value is -2.37. The van der Waals surface area contributed by atoms with Crippen molar-refractivity contribution in [1.29, 1.82) is 0 Å². The van der Waals surface area contributed by atoms with E-state index in [2.05, 4.69) is 30.5 Å². The van der Waals surface area contributed by atoms with Crippen molar-refractivity contribution in [2.75, 3.05) is 35.7 Å². The maximum absolute atomic E-state index is 4.55. The molecule has 21 heavy (non-hydrogen) atoms. The van der Waals surface area contributed by atoms with E-state index in [0.717, 1.165) is 24.7 Å². The first-order valence-corrected chi connectivity index (χ1v) is 7.36. The van der Waals surface area contributed by atoms with Crippen molar-refractivity contribution in [3.8, 4) is 0 Å². The molecule has 0 unspecified atom stereocenters. The molecule has 0 radical (unpaired) electrons. The van der Waals surface area contributed by atoms with Crippen molar-refractivity contribution in [3.05, 3.63) is 30.3 Å². The Morgan fingerprint density at radius 2 is 1.62 bits per heavy atom. The molecule has 3 rings (SSSR count). The van der Waals surface area contributed by atoms with Gasteiger partial charge in [0.2, 0.25) is 17.8 Å². The Bertz CT molecular complexity index is 580. The molecule has 0 aliphatic carbocycles. The number of aromatic nitrogens is 3. The zero-order valence-electron chi connectivity index (χ0n) is 12.2. The van der Waals surface area contributed by atoms with Crippen molar-refractivity contribution in [2.24, 2.45) is 0 Å². The second-order valence-electron chi connectivity index (χ2n) is 5.07. The predicted molar refractivity (Wildman–Crippen MR) is 85.2 cm³/mol. The van der Waals surface area contributed by atoms with Gasteiger partial charge in [-0.15, -0.1) is 0 Å². The second-order valence-corrected chi connectivity index (χ2v) is 5.07. The van der Waals surface area contributed by atoms with E-state index >= 15 is 0 Å². The molecule has 1 fully saturated rings. The van der Waals surface area contributed by atoms with Crippen LogP contribution in [0.2, 0.25) is 0 Å². The average Bonchev–Trinajstić information content (AvgIpc) is 2.56. The Kier molecular flexibility index (Phi) is 4.14. The number of para-hydroxylation sites is 1. The third kappa shape index (κ3) is 3.39. The molecule has 0 atom stereocenters. The van der Waals surface area contributed by atoms with Crippen LogP contribution in [0.1, 0.15) is 19.3 Å². The van der Waals surface area contributed by atoms with Gasteiger partial charge in [0.1, 0.15) is 0 Å². The minimum absolute atomic E-state index is 0.570. The van der Waals surface area contributed by atoms with E-state index in [1.807, 2.05) is 37.4 Å². The first-order chi connectivity index (χ1) is 10.3. The molecule has 1 aliphatic heterocycles. The monoisotopic (exact) mass is 284 g/mol. The topological polar surface area (TPSA) is 66.0 Å². The second kappa shape index (κ2) is 6.39. The van der Waals surface area contributed by atoms with Gasteiger partial charge >= 0.3 is 0 Å². The highest BCUT2D eigenvalue weighted by molar-refractivity contribution is 5.55. The zero-order chi connectivity index (χ0) is 14.5. The van der Waals surface area contributed by atoms with Crippen LogP contribution in [0.3, 0.4) is 0 Å². The predicted octanol–water partition coefficient (Wildman–Crippen LogP) is 2.65. The van der Waals surface area contributed by atoms with Crippen LogP contribution in [0.4, 0.5) is 23.5 Å². The van der Waals surface area contributed by atoms with E-state index in [-0.39, 0.29) is 0 Å². The Morgan fingerprint density at radius 3 is 2.33 bits per heavy atom. The first-order valence-electron chi connectivity index (χ1n) is 7.36. The van der Waals surface area contributed by atoms with Crippen LogP contribution in [0.5, 0.6) is 0 Å². The molecule has 110 valence electrons. The van der Waals surface area contributed by atoms with Crippen LogP contribution in [0, 0.1) is 0 Å². The average molecular weight is 284 g/mol. The summed E-state index contributed by atoms with van der Waals surface area (Å²) in [6, 6.07) is 9.92. The molecule has 0 bridgehead atoms. The molecule has 2 heterocycles. The first kappa shape index (κ1) is 13.6. The van der Waals surface area contributed by atoms with Crippen molar-refractivity contribution < 1.29 is 0 Å². The van der Waals surface area contributed by atoms with Crippen LogP contribution in [0.25, 0.3) is 0 Å². The molecule has 2 N–H and O–H groups in total. The lowest BCUT2D eigenvalue weighted by Gasteiger charge is -2.26. The van der Waals surface area contributed by atoms with E-state index < -0.39 is 0 Å². The van der Waals surface area contributed by atoms with Gasteiger partial charge in [0.05, 0.1) is 0 Å². The van der Waals surface area contributed by atoms with E-state index in [9.17, 15) is 0 Å². The van der Waals surface area contributed by atoms with Gasteiger partial charge in [0, 0.05) is 25.8 Å². The maximum Gasteiger partial charge on any atom is 0.233 e. The summed E-state index contributed by atoms with van der Waals surface area (Å²) in [6.45, 7) is 2.02. The number of hydrogen-bond acceptors (Lipinski definition) is 6. The van der Waals surface area contributed by atoms with Gasteiger partial charge in [0.15, 0.2) is 0 Å². The minimum Gasteiger partial charge on any atom is -0.357 e. The van der Waals surface area contributed by atoms with Crippen LogP contribution in [-0.2, 0) is 0 Å². The number of anilines is 4. The van der Waals surface area contributed by atoms with Gasteiger partial charge in [-0.05, 0) is 31.4 Å². The van der Waals surface area contributed by atoms with Crippen molar-refractivity contribution in [1.82, 2.24) is 15.0 Å². The molecule has 1 aromatic heterocycles. The molecule has 1 saturated heterocycles. The van der Waals surface area contributed by atoms with Gasteiger partial charge < -0.3 is 15.5 Å².